The summed E-state index contributed by atoms with van der Waals surface area (Å²) in [5.74, 6) is 0.549. The van der Waals surface area contributed by atoms with E-state index in [9.17, 15) is 13.2 Å². The first kappa shape index (κ1) is 25.9. The van der Waals surface area contributed by atoms with Crippen LogP contribution in [0.15, 0.2) is 60.7 Å². The average Bonchev–Trinajstić information content (AvgIpc) is 2.77. The Kier molecular flexibility index (Phi) is 8.47. The van der Waals surface area contributed by atoms with E-state index in [1.807, 2.05) is 32.0 Å². The number of nitrogens with one attached hydrogen (secondary N) is 1. The summed E-state index contributed by atoms with van der Waals surface area (Å²) in [6.45, 7) is 4.74. The van der Waals surface area contributed by atoms with Gasteiger partial charge in [-0.05, 0) is 61.4 Å². The molecule has 6 nitrogen and oxygen atoms in total. The molecule has 0 heterocycles. The molecule has 3 aromatic carbocycles. The van der Waals surface area contributed by atoms with Crippen molar-refractivity contribution in [1.82, 2.24) is 5.32 Å². The maximum Gasteiger partial charge on any atom is 0.251 e. The highest BCUT2D eigenvalue weighted by Crippen LogP contribution is 2.31. The van der Waals surface area contributed by atoms with Crippen LogP contribution in [-0.4, -0.2) is 33.7 Å². The van der Waals surface area contributed by atoms with Gasteiger partial charge < -0.3 is 10.1 Å². The van der Waals surface area contributed by atoms with Crippen LogP contribution in [0.4, 0.5) is 5.69 Å². The van der Waals surface area contributed by atoms with Gasteiger partial charge in [0, 0.05) is 10.6 Å². The van der Waals surface area contributed by atoms with E-state index in [-0.39, 0.29) is 17.5 Å². The number of carbonyl (C=O) groups excluding carboxylic acids is 1. The summed E-state index contributed by atoms with van der Waals surface area (Å²) in [6, 6.07) is 17.3. The van der Waals surface area contributed by atoms with Gasteiger partial charge in [0.1, 0.15) is 12.4 Å². The van der Waals surface area contributed by atoms with Crippen LogP contribution in [0, 0.1) is 13.8 Å². The van der Waals surface area contributed by atoms with Crippen molar-refractivity contribution in [2.45, 2.75) is 20.4 Å². The molecule has 0 spiro atoms. The lowest BCUT2D eigenvalue weighted by Crippen LogP contribution is -2.30. The molecule has 0 saturated carbocycles. The van der Waals surface area contributed by atoms with Crippen LogP contribution < -0.4 is 14.4 Å². The van der Waals surface area contributed by atoms with Gasteiger partial charge in [-0.15, -0.1) is 0 Å². The molecule has 0 atom stereocenters. The Morgan fingerprint density at radius 3 is 2.35 bits per heavy atom. The van der Waals surface area contributed by atoms with Crippen LogP contribution in [-0.2, 0) is 16.6 Å². The second-order valence-corrected chi connectivity index (χ2v) is 10.7. The van der Waals surface area contributed by atoms with Crippen molar-refractivity contribution in [3.8, 4) is 5.75 Å². The van der Waals surface area contributed by atoms with Crippen LogP contribution in [0.1, 0.15) is 27.0 Å². The van der Waals surface area contributed by atoms with Crippen molar-refractivity contribution in [1.29, 1.82) is 0 Å². The minimum Gasteiger partial charge on any atom is -0.491 e. The van der Waals surface area contributed by atoms with E-state index in [4.69, 9.17) is 27.9 Å². The molecule has 9 heteroatoms. The minimum atomic E-state index is -3.63. The second-order valence-electron chi connectivity index (χ2n) is 7.94. The lowest BCUT2D eigenvalue weighted by molar-refractivity contribution is 0.0947. The van der Waals surface area contributed by atoms with Gasteiger partial charge in [-0.1, -0.05) is 53.0 Å². The SMILES string of the molecule is Cc1ccc(OCCNC(=O)c2ccc(CN(c3cc(Cl)ccc3Cl)S(C)(=O)=O)cc2)c(C)c1. The minimum absolute atomic E-state index is 0.0462. The Morgan fingerprint density at radius 1 is 1.00 bits per heavy atom. The number of nitrogens with zero attached hydrogens (tertiary/aromatic N) is 1. The third-order valence-electron chi connectivity index (χ3n) is 5.10. The molecular weight excluding hydrogens is 495 g/mol. The molecule has 0 saturated heterocycles. The molecule has 34 heavy (non-hydrogen) atoms. The fourth-order valence-corrected chi connectivity index (χ4v) is 4.70. The number of benzene rings is 3. The zero-order chi connectivity index (χ0) is 24.9. The maximum atomic E-state index is 12.5. The summed E-state index contributed by atoms with van der Waals surface area (Å²) in [5.41, 5.74) is 3.65. The summed E-state index contributed by atoms with van der Waals surface area (Å²) in [6.07, 6.45) is 1.10. The first-order valence-electron chi connectivity index (χ1n) is 10.5. The van der Waals surface area contributed by atoms with E-state index in [0.717, 1.165) is 23.1 Å². The number of hydrogen-bond acceptors (Lipinski definition) is 4. The Hall–Kier alpha value is -2.74. The van der Waals surface area contributed by atoms with E-state index in [1.165, 1.54) is 10.4 Å². The molecule has 3 aromatic rings. The predicted octanol–water partition coefficient (Wildman–Crippen LogP) is 5.39. The van der Waals surface area contributed by atoms with E-state index in [2.05, 4.69) is 5.32 Å². The molecule has 180 valence electrons. The Bertz CT molecular complexity index is 1280. The standard InChI is InChI=1S/C25H26Cl2N2O4S/c1-17-4-11-24(18(2)14-17)33-13-12-28-25(30)20-7-5-19(6-8-20)16-29(34(3,31)32)23-15-21(26)9-10-22(23)27/h4-11,14-15H,12-13,16H2,1-3H3,(H,28,30). The van der Waals surface area contributed by atoms with Gasteiger partial charge in [-0.2, -0.15) is 0 Å². The largest absolute Gasteiger partial charge is 0.491 e. The topological polar surface area (TPSA) is 75.7 Å². The molecule has 3 rings (SSSR count). The summed E-state index contributed by atoms with van der Waals surface area (Å²) < 4.78 is 31.7. The monoisotopic (exact) mass is 520 g/mol. The van der Waals surface area contributed by atoms with Crippen LogP contribution in [0.2, 0.25) is 10.0 Å². The number of rotatable bonds is 9. The zero-order valence-corrected chi connectivity index (χ0v) is 21.5. The summed E-state index contributed by atoms with van der Waals surface area (Å²) in [4.78, 5) is 12.5. The number of sulfonamides is 1. The van der Waals surface area contributed by atoms with Crippen LogP contribution in [0.25, 0.3) is 0 Å². The summed E-state index contributed by atoms with van der Waals surface area (Å²) in [5, 5.41) is 3.47. The van der Waals surface area contributed by atoms with E-state index in [1.54, 1.807) is 36.4 Å². The lowest BCUT2D eigenvalue weighted by atomic mass is 10.1. The Labute approximate surface area is 210 Å². The number of aryl methyl sites for hydroxylation is 2. The number of halogens is 2. The third-order valence-corrected chi connectivity index (χ3v) is 6.78. The molecule has 0 bridgehead atoms. The first-order chi connectivity index (χ1) is 16.0. The van der Waals surface area contributed by atoms with Crippen molar-refractivity contribution >= 4 is 44.8 Å². The number of hydrogen-bond donors (Lipinski definition) is 1. The predicted molar refractivity (Wildman–Crippen MR) is 138 cm³/mol. The number of carbonyl (C=O) groups is 1. The van der Waals surface area contributed by atoms with Gasteiger partial charge in [0.25, 0.3) is 5.91 Å². The van der Waals surface area contributed by atoms with Gasteiger partial charge in [-0.25, -0.2) is 8.42 Å². The molecule has 1 amide bonds. The van der Waals surface area contributed by atoms with Gasteiger partial charge in [0.2, 0.25) is 10.0 Å². The van der Waals surface area contributed by atoms with Crippen molar-refractivity contribution in [3.63, 3.8) is 0 Å². The maximum absolute atomic E-state index is 12.5. The van der Waals surface area contributed by atoms with E-state index in [0.29, 0.717) is 35.0 Å². The Morgan fingerprint density at radius 2 is 1.71 bits per heavy atom. The van der Waals surface area contributed by atoms with Crippen LogP contribution in [0.3, 0.4) is 0 Å². The van der Waals surface area contributed by atoms with Gasteiger partial charge in [-0.3, -0.25) is 9.10 Å². The number of amides is 1. The van der Waals surface area contributed by atoms with Gasteiger partial charge >= 0.3 is 0 Å². The molecular formula is C25H26Cl2N2O4S. The number of anilines is 1. The van der Waals surface area contributed by atoms with Crippen LogP contribution in [0.5, 0.6) is 5.75 Å². The Balaban J connectivity index is 1.60. The van der Waals surface area contributed by atoms with E-state index >= 15 is 0 Å². The van der Waals surface area contributed by atoms with Crippen molar-refractivity contribution < 1.29 is 17.9 Å². The summed E-state index contributed by atoms with van der Waals surface area (Å²) in [7, 11) is -3.63. The highest BCUT2D eigenvalue weighted by molar-refractivity contribution is 7.92. The average molecular weight is 521 g/mol. The normalized spacial score (nSPS) is 11.2. The van der Waals surface area contributed by atoms with Crippen molar-refractivity contribution in [2.24, 2.45) is 0 Å². The number of ether oxygens (including phenoxy) is 1. The lowest BCUT2D eigenvalue weighted by Gasteiger charge is -2.24. The smallest absolute Gasteiger partial charge is 0.251 e. The van der Waals surface area contributed by atoms with Crippen LogP contribution >= 0.6 is 23.2 Å². The van der Waals surface area contributed by atoms with Gasteiger partial charge in [0.05, 0.1) is 30.1 Å². The fraction of sp³-hybridized carbons (Fsp3) is 0.240. The van der Waals surface area contributed by atoms with Gasteiger partial charge in [0.15, 0.2) is 0 Å². The summed E-state index contributed by atoms with van der Waals surface area (Å²) >= 11 is 12.3. The van der Waals surface area contributed by atoms with Crippen molar-refractivity contribution in [3.05, 3.63) is 93.0 Å². The zero-order valence-electron chi connectivity index (χ0n) is 19.1. The fourth-order valence-electron chi connectivity index (χ4n) is 3.37. The molecule has 0 aliphatic rings. The third kappa shape index (κ3) is 6.88. The molecule has 0 aromatic heterocycles. The quantitative estimate of drug-likeness (QED) is 0.384. The molecule has 0 radical (unpaired) electrons. The van der Waals surface area contributed by atoms with E-state index < -0.39 is 10.0 Å². The molecule has 0 fully saturated rings. The molecule has 0 aliphatic heterocycles. The van der Waals surface area contributed by atoms with Crippen molar-refractivity contribution in [2.75, 3.05) is 23.7 Å². The highest BCUT2D eigenvalue weighted by atomic mass is 35.5. The first-order valence-corrected chi connectivity index (χ1v) is 13.1. The molecule has 0 aliphatic carbocycles. The highest BCUT2D eigenvalue weighted by Gasteiger charge is 2.21. The molecule has 1 N–H and O–H groups in total. The second kappa shape index (κ2) is 11.1. The molecule has 0 unspecified atom stereocenters.